The fraction of sp³-hybridized carbons (Fsp3) is 0.300. The molecule has 28 heavy (non-hydrogen) atoms. The van der Waals surface area contributed by atoms with E-state index in [4.69, 9.17) is 16.3 Å². The fourth-order valence-corrected chi connectivity index (χ4v) is 3.53. The van der Waals surface area contributed by atoms with E-state index in [1.165, 1.54) is 17.1 Å². The lowest BCUT2D eigenvalue weighted by molar-refractivity contribution is -0.134. The van der Waals surface area contributed by atoms with Crippen molar-refractivity contribution in [3.63, 3.8) is 0 Å². The number of aromatic nitrogens is 3. The van der Waals surface area contributed by atoms with Gasteiger partial charge in [0, 0.05) is 25.0 Å². The summed E-state index contributed by atoms with van der Waals surface area (Å²) >= 11 is 6.10. The van der Waals surface area contributed by atoms with Gasteiger partial charge in [0.2, 0.25) is 5.91 Å². The Hall–Kier alpha value is -2.93. The van der Waals surface area contributed by atoms with Gasteiger partial charge in [-0.15, -0.1) is 0 Å². The zero-order valence-corrected chi connectivity index (χ0v) is 15.9. The predicted molar refractivity (Wildman–Crippen MR) is 105 cm³/mol. The number of para-hydroxylation sites is 1. The van der Waals surface area contributed by atoms with Gasteiger partial charge >= 0.3 is 0 Å². The van der Waals surface area contributed by atoms with Crippen molar-refractivity contribution in [2.75, 3.05) is 13.1 Å². The van der Waals surface area contributed by atoms with Crippen molar-refractivity contribution < 1.29 is 9.53 Å². The van der Waals surface area contributed by atoms with Crippen LogP contribution in [0.15, 0.2) is 53.8 Å². The van der Waals surface area contributed by atoms with Crippen molar-refractivity contribution in [1.82, 2.24) is 19.4 Å². The van der Waals surface area contributed by atoms with Gasteiger partial charge in [-0.3, -0.25) is 19.1 Å². The summed E-state index contributed by atoms with van der Waals surface area (Å²) in [6.07, 6.45) is 6.08. The number of fused-ring (bicyclic) bond motifs is 1. The van der Waals surface area contributed by atoms with E-state index < -0.39 is 0 Å². The molecule has 2 aromatic heterocycles. The van der Waals surface area contributed by atoms with E-state index in [-0.39, 0.29) is 24.1 Å². The van der Waals surface area contributed by atoms with Crippen LogP contribution in [-0.4, -0.2) is 44.5 Å². The summed E-state index contributed by atoms with van der Waals surface area (Å²) in [6.45, 7) is 1.05. The zero-order chi connectivity index (χ0) is 19.5. The first-order chi connectivity index (χ1) is 13.6. The number of amides is 1. The molecule has 0 saturated carbocycles. The standard InChI is InChI=1S/C20H19ClN4O3/c21-16-10-22-8-7-18(16)28-14-4-3-9-24(11-14)19(26)12-25-13-23-17-6-2-1-5-15(17)20(25)27/h1-2,5-8,10,13-14H,3-4,9,11-12H2. The summed E-state index contributed by atoms with van der Waals surface area (Å²) in [6, 6.07) is 8.82. The van der Waals surface area contributed by atoms with Gasteiger partial charge in [0.15, 0.2) is 0 Å². The molecule has 1 unspecified atom stereocenters. The summed E-state index contributed by atoms with van der Waals surface area (Å²) in [5.74, 6) is 0.430. The SMILES string of the molecule is O=C(Cn1cnc2ccccc2c1=O)N1CCCC(Oc2ccncc2Cl)C1. The smallest absolute Gasteiger partial charge is 0.261 e. The third-order valence-electron chi connectivity index (χ3n) is 4.80. The lowest BCUT2D eigenvalue weighted by Gasteiger charge is -2.33. The van der Waals surface area contributed by atoms with Gasteiger partial charge in [-0.1, -0.05) is 23.7 Å². The molecule has 0 N–H and O–H groups in total. The van der Waals surface area contributed by atoms with Gasteiger partial charge in [-0.25, -0.2) is 4.98 Å². The van der Waals surface area contributed by atoms with Gasteiger partial charge < -0.3 is 9.64 Å². The predicted octanol–water partition coefficient (Wildman–Crippen LogP) is 2.51. The molecule has 0 spiro atoms. The second-order valence-corrected chi connectivity index (χ2v) is 7.13. The zero-order valence-electron chi connectivity index (χ0n) is 15.1. The molecule has 144 valence electrons. The first-order valence-corrected chi connectivity index (χ1v) is 9.48. The Bertz CT molecular complexity index is 1070. The van der Waals surface area contributed by atoms with Crippen LogP contribution in [0.5, 0.6) is 5.75 Å². The number of likely N-dealkylation sites (tertiary alicyclic amines) is 1. The molecule has 0 aliphatic carbocycles. The highest BCUT2D eigenvalue weighted by Gasteiger charge is 2.25. The van der Waals surface area contributed by atoms with Crippen molar-refractivity contribution >= 4 is 28.4 Å². The third-order valence-corrected chi connectivity index (χ3v) is 5.08. The lowest BCUT2D eigenvalue weighted by Crippen LogP contribution is -2.46. The molecule has 1 aliphatic rings. The maximum absolute atomic E-state index is 12.8. The van der Waals surface area contributed by atoms with E-state index in [2.05, 4.69) is 9.97 Å². The number of carbonyl (C=O) groups is 1. The maximum atomic E-state index is 12.8. The van der Waals surface area contributed by atoms with Crippen LogP contribution in [-0.2, 0) is 11.3 Å². The number of carbonyl (C=O) groups excluding carboxylic acids is 1. The van der Waals surface area contributed by atoms with Gasteiger partial charge in [0.25, 0.3) is 5.56 Å². The third kappa shape index (κ3) is 3.84. The summed E-state index contributed by atoms with van der Waals surface area (Å²) in [4.78, 5) is 35.3. The Morgan fingerprint density at radius 3 is 3.00 bits per heavy atom. The average molecular weight is 399 g/mol. The van der Waals surface area contributed by atoms with E-state index in [9.17, 15) is 9.59 Å². The van der Waals surface area contributed by atoms with Crippen LogP contribution in [0.3, 0.4) is 0 Å². The second kappa shape index (κ2) is 7.98. The monoisotopic (exact) mass is 398 g/mol. The Labute approximate surface area is 166 Å². The molecule has 4 rings (SSSR count). The van der Waals surface area contributed by atoms with Crippen LogP contribution in [0.4, 0.5) is 0 Å². The number of halogens is 1. The molecular weight excluding hydrogens is 380 g/mol. The second-order valence-electron chi connectivity index (χ2n) is 6.72. The molecule has 1 fully saturated rings. The van der Waals surface area contributed by atoms with Crippen molar-refractivity contribution in [3.05, 3.63) is 64.4 Å². The Kier molecular flexibility index (Phi) is 5.25. The highest BCUT2D eigenvalue weighted by atomic mass is 35.5. The number of benzene rings is 1. The van der Waals surface area contributed by atoms with E-state index in [0.29, 0.717) is 34.8 Å². The van der Waals surface area contributed by atoms with Gasteiger partial charge in [0.1, 0.15) is 23.4 Å². The Balaban J connectivity index is 1.45. The minimum absolute atomic E-state index is 0.0423. The molecule has 8 heteroatoms. The highest BCUT2D eigenvalue weighted by Crippen LogP contribution is 2.25. The molecule has 1 aromatic carbocycles. The molecule has 1 atom stereocenters. The van der Waals surface area contributed by atoms with Crippen LogP contribution in [0.2, 0.25) is 5.02 Å². The summed E-state index contributed by atoms with van der Waals surface area (Å²) in [5.41, 5.74) is 0.407. The van der Waals surface area contributed by atoms with E-state index in [0.717, 1.165) is 12.8 Å². The topological polar surface area (TPSA) is 77.3 Å². The van der Waals surface area contributed by atoms with E-state index >= 15 is 0 Å². The van der Waals surface area contributed by atoms with Crippen LogP contribution in [0, 0.1) is 0 Å². The van der Waals surface area contributed by atoms with Crippen LogP contribution >= 0.6 is 11.6 Å². The first-order valence-electron chi connectivity index (χ1n) is 9.10. The van der Waals surface area contributed by atoms with Gasteiger partial charge in [0.05, 0.1) is 23.8 Å². The fourth-order valence-electron chi connectivity index (χ4n) is 3.36. The normalized spacial score (nSPS) is 16.9. The van der Waals surface area contributed by atoms with E-state index in [1.54, 1.807) is 35.4 Å². The quantitative estimate of drug-likeness (QED) is 0.674. The molecule has 1 amide bonds. The summed E-state index contributed by atoms with van der Waals surface area (Å²) in [5, 5.41) is 0.949. The number of nitrogens with zero attached hydrogens (tertiary/aromatic N) is 4. The molecular formula is C20H19ClN4O3. The van der Waals surface area contributed by atoms with Crippen molar-refractivity contribution in [1.29, 1.82) is 0 Å². The Morgan fingerprint density at radius 2 is 2.14 bits per heavy atom. The van der Waals surface area contributed by atoms with Crippen molar-refractivity contribution in [2.45, 2.75) is 25.5 Å². The van der Waals surface area contributed by atoms with Gasteiger partial charge in [-0.05, 0) is 25.0 Å². The minimum Gasteiger partial charge on any atom is -0.487 e. The summed E-state index contributed by atoms with van der Waals surface area (Å²) < 4.78 is 7.31. The first kappa shape index (κ1) is 18.4. The average Bonchev–Trinajstić information content (AvgIpc) is 2.72. The molecule has 3 heterocycles. The molecule has 0 radical (unpaired) electrons. The van der Waals surface area contributed by atoms with Gasteiger partial charge in [-0.2, -0.15) is 0 Å². The lowest BCUT2D eigenvalue weighted by atomic mass is 10.1. The number of piperidine rings is 1. The minimum atomic E-state index is -0.215. The van der Waals surface area contributed by atoms with Crippen molar-refractivity contribution in [3.8, 4) is 5.75 Å². The van der Waals surface area contributed by atoms with Crippen LogP contribution in [0.25, 0.3) is 10.9 Å². The van der Waals surface area contributed by atoms with E-state index in [1.807, 2.05) is 6.07 Å². The Morgan fingerprint density at radius 1 is 1.29 bits per heavy atom. The summed E-state index contributed by atoms with van der Waals surface area (Å²) in [7, 11) is 0. The number of pyridine rings is 1. The molecule has 3 aromatic rings. The van der Waals surface area contributed by atoms with Crippen LogP contribution < -0.4 is 10.3 Å². The molecule has 0 bridgehead atoms. The number of hydrogen-bond acceptors (Lipinski definition) is 5. The number of hydrogen-bond donors (Lipinski definition) is 0. The van der Waals surface area contributed by atoms with Crippen molar-refractivity contribution in [2.24, 2.45) is 0 Å². The molecule has 1 saturated heterocycles. The number of rotatable bonds is 4. The largest absolute Gasteiger partial charge is 0.487 e. The highest BCUT2D eigenvalue weighted by molar-refractivity contribution is 6.31. The molecule has 1 aliphatic heterocycles. The molecule has 7 nitrogen and oxygen atoms in total. The maximum Gasteiger partial charge on any atom is 0.261 e. The van der Waals surface area contributed by atoms with Crippen LogP contribution in [0.1, 0.15) is 12.8 Å². The number of ether oxygens (including phenoxy) is 1.